The molecule has 0 spiro atoms. The molecule has 5 nitrogen and oxygen atoms in total. The molecule has 0 unspecified atom stereocenters. The maximum Gasteiger partial charge on any atom is 0.263 e. The molecule has 0 aliphatic carbocycles. The molecule has 0 radical (unpaired) electrons. The third-order valence-electron chi connectivity index (χ3n) is 2.02. The van der Waals surface area contributed by atoms with Crippen LogP contribution in [-0.4, -0.2) is 18.6 Å². The lowest BCUT2D eigenvalue weighted by molar-refractivity contribution is 0.601. The second-order valence-electron chi connectivity index (χ2n) is 3.45. The number of aromatic nitrogens is 2. The van der Waals surface area contributed by atoms with Gasteiger partial charge in [-0.2, -0.15) is 0 Å². The fraction of sp³-hybridized carbons (Fsp3) is 0. The van der Waals surface area contributed by atoms with Gasteiger partial charge >= 0.3 is 0 Å². The Hall–Kier alpha value is -1.08. The van der Waals surface area contributed by atoms with Crippen molar-refractivity contribution < 1.29 is 8.42 Å². The van der Waals surface area contributed by atoms with E-state index in [-0.39, 0.29) is 25.9 Å². The number of hydrogen-bond donors (Lipinski definition) is 1. The molecule has 0 bridgehead atoms. The molecule has 9 heteroatoms. The van der Waals surface area contributed by atoms with E-state index in [0.717, 1.165) is 0 Å². The highest BCUT2D eigenvalue weighted by atomic mass is 35.5. The minimum atomic E-state index is -3.84. The summed E-state index contributed by atoms with van der Waals surface area (Å²) in [6.45, 7) is 0. The maximum absolute atomic E-state index is 12.1. The van der Waals surface area contributed by atoms with Crippen molar-refractivity contribution in [1.29, 1.82) is 0 Å². The van der Waals surface area contributed by atoms with Crippen molar-refractivity contribution in [1.82, 2.24) is 10.2 Å². The smallest absolute Gasteiger partial charge is 0.262 e. The zero-order chi connectivity index (χ0) is 14.0. The van der Waals surface area contributed by atoms with Crippen molar-refractivity contribution in [3.63, 3.8) is 0 Å². The van der Waals surface area contributed by atoms with Crippen LogP contribution in [0.15, 0.2) is 35.2 Å². The average Bonchev–Trinajstić information content (AvgIpc) is 2.31. The van der Waals surface area contributed by atoms with Crippen molar-refractivity contribution in [3.05, 3.63) is 45.5 Å². The SMILES string of the molecule is O=S(=O)(Nc1ccc(Cl)nn1)c1cc(Cl)cc(Cl)c1. The van der Waals surface area contributed by atoms with Gasteiger partial charge in [-0.1, -0.05) is 34.8 Å². The zero-order valence-electron chi connectivity index (χ0n) is 9.14. The molecule has 100 valence electrons. The van der Waals surface area contributed by atoms with Crippen molar-refractivity contribution in [2.24, 2.45) is 0 Å². The Morgan fingerprint density at radius 2 is 1.58 bits per heavy atom. The summed E-state index contributed by atoms with van der Waals surface area (Å²) in [6, 6.07) is 6.79. The minimum absolute atomic E-state index is 0.0421. The molecule has 1 aromatic heterocycles. The number of rotatable bonds is 3. The Morgan fingerprint density at radius 3 is 2.11 bits per heavy atom. The van der Waals surface area contributed by atoms with E-state index in [1.807, 2.05) is 0 Å². The summed E-state index contributed by atoms with van der Waals surface area (Å²) < 4.78 is 26.4. The van der Waals surface area contributed by atoms with Crippen molar-refractivity contribution in [2.75, 3.05) is 4.72 Å². The molecule has 1 heterocycles. The lowest BCUT2D eigenvalue weighted by atomic mass is 10.4. The molecule has 0 saturated carbocycles. The zero-order valence-corrected chi connectivity index (χ0v) is 12.2. The molecule has 1 aromatic carbocycles. The highest BCUT2D eigenvalue weighted by molar-refractivity contribution is 7.92. The summed E-state index contributed by atoms with van der Waals surface area (Å²) in [7, 11) is -3.84. The number of halogens is 3. The number of hydrogen-bond acceptors (Lipinski definition) is 4. The van der Waals surface area contributed by atoms with Crippen molar-refractivity contribution in [3.8, 4) is 0 Å². The van der Waals surface area contributed by atoms with Crippen molar-refractivity contribution >= 4 is 50.6 Å². The third kappa shape index (κ3) is 3.70. The maximum atomic E-state index is 12.1. The quantitative estimate of drug-likeness (QED) is 0.932. The highest BCUT2D eigenvalue weighted by Gasteiger charge is 2.16. The topological polar surface area (TPSA) is 72.0 Å². The average molecular weight is 339 g/mol. The van der Waals surface area contributed by atoms with Gasteiger partial charge in [-0.3, -0.25) is 4.72 Å². The van der Waals surface area contributed by atoms with E-state index in [4.69, 9.17) is 34.8 Å². The molecule has 19 heavy (non-hydrogen) atoms. The van der Waals surface area contributed by atoms with E-state index >= 15 is 0 Å². The Morgan fingerprint density at radius 1 is 0.947 bits per heavy atom. The summed E-state index contributed by atoms with van der Waals surface area (Å²) in [4.78, 5) is -0.0678. The normalized spacial score (nSPS) is 11.3. The second-order valence-corrected chi connectivity index (χ2v) is 6.39. The molecular weight excluding hydrogens is 333 g/mol. The summed E-state index contributed by atoms with van der Waals surface area (Å²) in [5, 5.41) is 7.72. The largest absolute Gasteiger partial charge is 0.263 e. The van der Waals surface area contributed by atoms with Gasteiger partial charge in [0.05, 0.1) is 4.90 Å². The third-order valence-corrected chi connectivity index (χ3v) is 3.99. The van der Waals surface area contributed by atoms with Gasteiger partial charge in [0, 0.05) is 10.0 Å². The fourth-order valence-corrected chi connectivity index (χ4v) is 3.07. The van der Waals surface area contributed by atoms with Crippen LogP contribution in [0.4, 0.5) is 5.82 Å². The van der Waals surface area contributed by atoms with Gasteiger partial charge in [-0.25, -0.2) is 8.42 Å². The van der Waals surface area contributed by atoms with E-state index in [2.05, 4.69) is 14.9 Å². The van der Waals surface area contributed by atoms with E-state index in [9.17, 15) is 8.42 Å². The molecule has 0 saturated heterocycles. The first-order chi connectivity index (χ1) is 8.87. The molecule has 0 fully saturated rings. The van der Waals surface area contributed by atoms with Gasteiger partial charge in [0.2, 0.25) is 0 Å². The van der Waals surface area contributed by atoms with Crippen LogP contribution in [0, 0.1) is 0 Å². The fourth-order valence-electron chi connectivity index (χ4n) is 1.25. The molecule has 0 atom stereocenters. The Balaban J connectivity index is 2.34. The van der Waals surface area contributed by atoms with Crippen LogP contribution >= 0.6 is 34.8 Å². The first-order valence-corrected chi connectivity index (χ1v) is 7.47. The summed E-state index contributed by atoms with van der Waals surface area (Å²) in [5.74, 6) is 0.0421. The second kappa shape index (κ2) is 5.50. The van der Waals surface area contributed by atoms with Gasteiger partial charge in [-0.15, -0.1) is 10.2 Å². The van der Waals surface area contributed by atoms with Crippen LogP contribution in [0.2, 0.25) is 15.2 Å². The molecule has 2 rings (SSSR count). The lowest BCUT2D eigenvalue weighted by Crippen LogP contribution is -2.14. The Bertz CT molecular complexity index is 684. The number of nitrogens with zero attached hydrogens (tertiary/aromatic N) is 2. The molecule has 0 aliphatic heterocycles. The number of nitrogens with one attached hydrogen (secondary N) is 1. The van der Waals surface area contributed by atoms with E-state index < -0.39 is 10.0 Å². The molecule has 0 aliphatic rings. The summed E-state index contributed by atoms with van der Waals surface area (Å²) in [6.07, 6.45) is 0. The predicted molar refractivity (Wildman–Crippen MR) is 74.3 cm³/mol. The van der Waals surface area contributed by atoms with Gasteiger partial charge in [0.1, 0.15) is 0 Å². The van der Waals surface area contributed by atoms with Gasteiger partial charge in [0.15, 0.2) is 11.0 Å². The predicted octanol–water partition coefficient (Wildman–Crippen LogP) is 3.24. The Labute approximate surface area is 124 Å². The monoisotopic (exact) mass is 337 g/mol. The molecular formula is C10H6Cl3N3O2S. The number of sulfonamides is 1. The number of anilines is 1. The number of benzene rings is 1. The van der Waals surface area contributed by atoms with E-state index in [0.29, 0.717) is 0 Å². The summed E-state index contributed by atoms with van der Waals surface area (Å²) in [5.41, 5.74) is 0. The van der Waals surface area contributed by atoms with Crippen LogP contribution in [-0.2, 0) is 10.0 Å². The first kappa shape index (κ1) is 14.3. The van der Waals surface area contributed by atoms with Crippen LogP contribution < -0.4 is 4.72 Å². The van der Waals surface area contributed by atoms with Gasteiger partial charge in [0.25, 0.3) is 10.0 Å². The summed E-state index contributed by atoms with van der Waals surface area (Å²) >= 11 is 17.1. The van der Waals surface area contributed by atoms with Crippen LogP contribution in [0.25, 0.3) is 0 Å². The van der Waals surface area contributed by atoms with Gasteiger partial charge in [-0.05, 0) is 30.3 Å². The standard InChI is InChI=1S/C10H6Cl3N3O2S/c11-6-3-7(12)5-8(4-6)19(17,18)16-10-2-1-9(13)14-15-10/h1-5H,(H,15,16). The van der Waals surface area contributed by atoms with Crippen LogP contribution in [0.5, 0.6) is 0 Å². The Kier molecular flexibility index (Phi) is 4.15. The van der Waals surface area contributed by atoms with Crippen LogP contribution in [0.3, 0.4) is 0 Å². The molecule has 1 N–H and O–H groups in total. The van der Waals surface area contributed by atoms with E-state index in [1.165, 1.54) is 30.3 Å². The van der Waals surface area contributed by atoms with E-state index in [1.54, 1.807) is 0 Å². The minimum Gasteiger partial charge on any atom is -0.262 e. The van der Waals surface area contributed by atoms with Crippen LogP contribution in [0.1, 0.15) is 0 Å². The first-order valence-electron chi connectivity index (χ1n) is 4.85. The van der Waals surface area contributed by atoms with Gasteiger partial charge < -0.3 is 0 Å². The highest BCUT2D eigenvalue weighted by Crippen LogP contribution is 2.23. The molecule has 2 aromatic rings. The lowest BCUT2D eigenvalue weighted by Gasteiger charge is -2.07. The van der Waals surface area contributed by atoms with Crippen molar-refractivity contribution in [2.45, 2.75) is 4.90 Å². The molecule has 0 amide bonds.